The van der Waals surface area contributed by atoms with Crippen molar-refractivity contribution < 1.29 is 18.6 Å². The molecular formula is C14H21BrN2O4S. The van der Waals surface area contributed by atoms with Crippen LogP contribution in [0.15, 0.2) is 46.8 Å². The van der Waals surface area contributed by atoms with Crippen molar-refractivity contribution in [1.29, 1.82) is 0 Å². The average Bonchev–Trinajstić information content (AvgIpc) is 2.51. The lowest BCUT2D eigenvalue weighted by molar-refractivity contribution is 0.0411. The Bertz CT molecular complexity index is 486. The van der Waals surface area contributed by atoms with Crippen LogP contribution in [-0.2, 0) is 20.6 Å². The Morgan fingerprint density at radius 2 is 2.00 bits per heavy atom. The fourth-order valence-corrected chi connectivity index (χ4v) is 2.63. The largest absolute Gasteiger partial charge is 0.528 e. The highest BCUT2D eigenvalue weighted by Gasteiger charge is 2.11. The summed E-state index contributed by atoms with van der Waals surface area (Å²) in [5.41, 5.74) is 0. The average molecular weight is 393 g/mol. The first kappa shape index (κ1) is 20.8. The van der Waals surface area contributed by atoms with Crippen LogP contribution < -0.4 is 10.2 Å². The van der Waals surface area contributed by atoms with E-state index in [-0.39, 0.29) is 6.61 Å². The second-order valence-corrected chi connectivity index (χ2v) is 6.09. The quantitative estimate of drug-likeness (QED) is 0.322. The molecule has 1 aromatic carbocycles. The molecule has 0 saturated heterocycles. The molecule has 0 heterocycles. The van der Waals surface area contributed by atoms with Crippen molar-refractivity contribution in [2.45, 2.75) is 24.8 Å². The summed E-state index contributed by atoms with van der Waals surface area (Å²) in [5, 5.41) is 3.08. The van der Waals surface area contributed by atoms with E-state index in [1.165, 1.54) is 0 Å². The first-order chi connectivity index (χ1) is 10.5. The van der Waals surface area contributed by atoms with Crippen LogP contribution in [0.5, 0.6) is 0 Å². The Morgan fingerprint density at radius 1 is 1.36 bits per heavy atom. The number of carbonyl (C=O) groups is 1. The molecule has 0 aliphatic heterocycles. The molecule has 0 radical (unpaired) electrons. The van der Waals surface area contributed by atoms with Gasteiger partial charge in [0.1, 0.15) is 6.61 Å². The highest BCUT2D eigenvalue weighted by atomic mass is 79.9. The van der Waals surface area contributed by atoms with Crippen LogP contribution in [0.4, 0.5) is 4.79 Å². The van der Waals surface area contributed by atoms with Crippen molar-refractivity contribution in [1.82, 2.24) is 10.2 Å². The SMILES string of the molecule is C=C.CC(C)NCCOC(=O)ONS(=O)c1ccccc1Br. The van der Waals surface area contributed by atoms with Gasteiger partial charge < -0.3 is 14.9 Å². The van der Waals surface area contributed by atoms with Gasteiger partial charge in [0.2, 0.25) is 0 Å². The lowest BCUT2D eigenvalue weighted by Gasteiger charge is -2.09. The number of hydrogen-bond donors (Lipinski definition) is 2. The fourth-order valence-electron chi connectivity index (χ4n) is 1.22. The van der Waals surface area contributed by atoms with E-state index in [4.69, 9.17) is 4.74 Å². The fraction of sp³-hybridized carbons (Fsp3) is 0.357. The van der Waals surface area contributed by atoms with E-state index in [9.17, 15) is 9.00 Å². The van der Waals surface area contributed by atoms with Crippen molar-refractivity contribution in [2.75, 3.05) is 13.2 Å². The number of benzene rings is 1. The predicted octanol–water partition coefficient (Wildman–Crippen LogP) is 2.93. The highest BCUT2D eigenvalue weighted by molar-refractivity contribution is 9.10. The summed E-state index contributed by atoms with van der Waals surface area (Å²) in [6.07, 6.45) is -0.920. The topological polar surface area (TPSA) is 76.7 Å². The molecule has 8 heteroatoms. The number of nitrogens with one attached hydrogen (secondary N) is 2. The van der Waals surface area contributed by atoms with Crippen molar-refractivity contribution >= 4 is 33.1 Å². The molecule has 124 valence electrons. The van der Waals surface area contributed by atoms with Gasteiger partial charge in [-0.25, -0.2) is 9.00 Å². The summed E-state index contributed by atoms with van der Waals surface area (Å²) in [6, 6.07) is 7.23. The zero-order chi connectivity index (χ0) is 17.0. The zero-order valence-corrected chi connectivity index (χ0v) is 15.0. The molecule has 1 aromatic rings. The summed E-state index contributed by atoms with van der Waals surface area (Å²) < 4.78 is 17.2. The van der Waals surface area contributed by atoms with Crippen LogP contribution in [0.25, 0.3) is 0 Å². The Labute approximate surface area is 141 Å². The Hall–Kier alpha value is -1.22. The first-order valence-corrected chi connectivity index (χ1v) is 8.44. The molecule has 1 unspecified atom stereocenters. The van der Waals surface area contributed by atoms with E-state index in [1.54, 1.807) is 24.3 Å². The Morgan fingerprint density at radius 3 is 2.59 bits per heavy atom. The van der Waals surface area contributed by atoms with Crippen LogP contribution in [0.3, 0.4) is 0 Å². The van der Waals surface area contributed by atoms with Crippen molar-refractivity contribution in [3.63, 3.8) is 0 Å². The van der Waals surface area contributed by atoms with Gasteiger partial charge in [0.15, 0.2) is 11.0 Å². The van der Waals surface area contributed by atoms with E-state index < -0.39 is 17.1 Å². The summed E-state index contributed by atoms with van der Waals surface area (Å²) >= 11 is 3.26. The molecule has 0 spiro atoms. The minimum absolute atomic E-state index is 0.181. The van der Waals surface area contributed by atoms with Gasteiger partial charge in [-0.05, 0) is 28.1 Å². The molecular weight excluding hydrogens is 372 g/mol. The number of rotatable bonds is 7. The van der Waals surface area contributed by atoms with E-state index in [0.717, 1.165) is 0 Å². The van der Waals surface area contributed by atoms with Crippen molar-refractivity contribution in [3.8, 4) is 0 Å². The second-order valence-electron chi connectivity index (χ2n) is 4.09. The highest BCUT2D eigenvalue weighted by Crippen LogP contribution is 2.18. The minimum Gasteiger partial charge on any atom is -0.432 e. The van der Waals surface area contributed by atoms with Gasteiger partial charge in [0.25, 0.3) is 0 Å². The molecule has 0 saturated carbocycles. The summed E-state index contributed by atoms with van der Waals surface area (Å²) in [4.78, 5) is 18.4. The molecule has 6 nitrogen and oxygen atoms in total. The van der Waals surface area contributed by atoms with Gasteiger partial charge in [0, 0.05) is 17.1 Å². The molecule has 1 atom stereocenters. The molecule has 0 aliphatic rings. The minimum atomic E-state index is -1.67. The maximum Gasteiger partial charge on any atom is 0.528 e. The smallest absolute Gasteiger partial charge is 0.432 e. The number of halogens is 1. The lowest BCUT2D eigenvalue weighted by atomic mass is 10.4. The van der Waals surface area contributed by atoms with E-state index in [0.29, 0.717) is 22.0 Å². The molecule has 22 heavy (non-hydrogen) atoms. The molecule has 0 bridgehead atoms. The van der Waals surface area contributed by atoms with Gasteiger partial charge in [-0.15, -0.1) is 13.2 Å². The predicted molar refractivity (Wildman–Crippen MR) is 90.5 cm³/mol. The first-order valence-electron chi connectivity index (χ1n) is 6.49. The summed E-state index contributed by atoms with van der Waals surface area (Å²) in [7, 11) is -1.67. The summed E-state index contributed by atoms with van der Waals surface area (Å²) in [5.74, 6) is 0. The van der Waals surface area contributed by atoms with Crippen LogP contribution in [0.1, 0.15) is 13.8 Å². The third kappa shape index (κ3) is 8.93. The van der Waals surface area contributed by atoms with Gasteiger partial charge >= 0.3 is 6.16 Å². The van der Waals surface area contributed by atoms with E-state index in [1.807, 2.05) is 13.8 Å². The lowest BCUT2D eigenvalue weighted by Crippen LogP contribution is -2.29. The van der Waals surface area contributed by atoms with Crippen molar-refractivity contribution in [3.05, 3.63) is 41.9 Å². The molecule has 0 fully saturated rings. The second kappa shape index (κ2) is 12.3. The van der Waals surface area contributed by atoms with Gasteiger partial charge in [0.05, 0.1) is 4.90 Å². The third-order valence-corrected chi connectivity index (χ3v) is 4.06. The normalized spacial score (nSPS) is 11.3. The number of carbonyl (C=O) groups excluding carboxylic acids is 1. The molecule has 1 rings (SSSR count). The maximum atomic E-state index is 11.8. The molecule has 2 N–H and O–H groups in total. The van der Waals surface area contributed by atoms with Crippen LogP contribution in [0, 0.1) is 0 Å². The summed E-state index contributed by atoms with van der Waals surface area (Å²) in [6.45, 7) is 10.7. The van der Waals surface area contributed by atoms with Crippen LogP contribution in [-0.4, -0.2) is 29.6 Å². The molecule has 0 aliphatic carbocycles. The van der Waals surface area contributed by atoms with Gasteiger partial charge in [-0.2, -0.15) is 0 Å². The number of ether oxygens (including phenoxy) is 1. The van der Waals surface area contributed by atoms with Crippen molar-refractivity contribution in [2.24, 2.45) is 0 Å². The van der Waals surface area contributed by atoms with E-state index >= 15 is 0 Å². The maximum absolute atomic E-state index is 11.8. The number of hydrogen-bond acceptors (Lipinski definition) is 5. The van der Waals surface area contributed by atoms with E-state index in [2.05, 4.69) is 44.1 Å². The van der Waals surface area contributed by atoms with Gasteiger partial charge in [-0.3, -0.25) is 0 Å². The van der Waals surface area contributed by atoms with Gasteiger partial charge in [-0.1, -0.05) is 30.9 Å². The van der Waals surface area contributed by atoms with Crippen LogP contribution >= 0.6 is 15.9 Å². The van der Waals surface area contributed by atoms with Crippen LogP contribution in [0.2, 0.25) is 0 Å². The molecule has 0 aromatic heterocycles. The Kier molecular flexibility index (Phi) is 11.7. The monoisotopic (exact) mass is 392 g/mol. The Balaban J connectivity index is 0.00000211. The third-order valence-electron chi connectivity index (χ3n) is 2.11. The molecule has 0 amide bonds. The zero-order valence-electron chi connectivity index (χ0n) is 12.6. The standard InChI is InChI=1S/C12H17BrN2O4S.C2H4/c1-9(2)14-7-8-18-12(16)19-15-20(17)11-6-4-3-5-10(11)13;1-2/h3-6,9,14-15H,7-8H2,1-2H3;1-2H2.